The maximum Gasteiger partial charge on any atom is 0.119 e. The summed E-state index contributed by atoms with van der Waals surface area (Å²) in [6.45, 7) is 3.20. The van der Waals surface area contributed by atoms with Crippen molar-refractivity contribution in [2.75, 3.05) is 13.2 Å². The van der Waals surface area contributed by atoms with E-state index in [1.165, 1.54) is 31.2 Å². The average Bonchev–Trinajstić information content (AvgIpc) is 2.71. The molecular weight excluding hydrogens is 334 g/mol. The van der Waals surface area contributed by atoms with Crippen molar-refractivity contribution in [2.45, 2.75) is 58.3 Å². The molecule has 2 aromatic carbocycles. The molecule has 0 radical (unpaired) electrons. The van der Waals surface area contributed by atoms with Gasteiger partial charge in [-0.15, -0.1) is 0 Å². The smallest absolute Gasteiger partial charge is 0.119 e. The largest absolute Gasteiger partial charge is 0.494 e. The lowest BCUT2D eigenvalue weighted by Gasteiger charge is -2.06. The van der Waals surface area contributed by atoms with Gasteiger partial charge in [-0.25, -0.2) is 0 Å². The molecule has 0 bridgehead atoms. The lowest BCUT2D eigenvalue weighted by molar-refractivity contribution is 0.266. The molecule has 3 heteroatoms. The Morgan fingerprint density at radius 2 is 1.59 bits per heavy atom. The van der Waals surface area contributed by atoms with Gasteiger partial charge in [0.15, 0.2) is 0 Å². The zero-order valence-corrected chi connectivity index (χ0v) is 16.6. The van der Waals surface area contributed by atoms with Crippen molar-refractivity contribution in [1.29, 1.82) is 0 Å². The third-order valence-corrected chi connectivity index (χ3v) is 4.57. The number of unbranched alkanes of at least 4 members (excludes halogenated alkanes) is 5. The normalized spacial score (nSPS) is 11.2. The molecule has 27 heavy (non-hydrogen) atoms. The van der Waals surface area contributed by atoms with Crippen molar-refractivity contribution in [2.24, 2.45) is 4.99 Å². The fourth-order valence-corrected chi connectivity index (χ4v) is 2.88. The number of benzene rings is 2. The predicted octanol–water partition coefficient (Wildman–Crippen LogP) is 6.10. The Morgan fingerprint density at radius 1 is 0.852 bits per heavy atom. The SMILES string of the molecule is CCCCCCc1ccc(N=Cc2ccc(OCCCCCO)cc2)cc1. The maximum absolute atomic E-state index is 8.76. The van der Waals surface area contributed by atoms with E-state index in [-0.39, 0.29) is 6.61 Å². The molecule has 1 N–H and O–H groups in total. The van der Waals surface area contributed by atoms with Crippen LogP contribution in [0.5, 0.6) is 5.75 Å². The summed E-state index contributed by atoms with van der Waals surface area (Å²) in [4.78, 5) is 4.56. The molecule has 2 rings (SSSR count). The maximum atomic E-state index is 8.76. The van der Waals surface area contributed by atoms with E-state index in [1.54, 1.807) is 0 Å². The van der Waals surface area contributed by atoms with Crippen molar-refractivity contribution >= 4 is 11.9 Å². The fourth-order valence-electron chi connectivity index (χ4n) is 2.88. The van der Waals surface area contributed by atoms with E-state index in [4.69, 9.17) is 9.84 Å². The van der Waals surface area contributed by atoms with Crippen LogP contribution in [-0.4, -0.2) is 24.5 Å². The average molecular weight is 368 g/mol. The van der Waals surface area contributed by atoms with Crippen molar-refractivity contribution < 1.29 is 9.84 Å². The second kappa shape index (κ2) is 13.1. The van der Waals surface area contributed by atoms with Gasteiger partial charge in [-0.3, -0.25) is 4.99 Å². The van der Waals surface area contributed by atoms with E-state index in [1.807, 2.05) is 30.5 Å². The molecule has 0 unspecified atom stereocenters. The predicted molar refractivity (Wildman–Crippen MR) is 114 cm³/mol. The number of ether oxygens (including phenoxy) is 1. The topological polar surface area (TPSA) is 41.8 Å². The molecule has 2 aromatic rings. The van der Waals surface area contributed by atoms with Crippen LogP contribution in [0.2, 0.25) is 0 Å². The Balaban J connectivity index is 1.76. The Bertz CT molecular complexity index is 647. The molecule has 0 atom stereocenters. The van der Waals surface area contributed by atoms with E-state index in [0.29, 0.717) is 6.61 Å². The van der Waals surface area contributed by atoms with Crippen LogP contribution in [0.1, 0.15) is 63.0 Å². The molecule has 0 aromatic heterocycles. The molecule has 0 aliphatic rings. The van der Waals surface area contributed by atoms with Crippen molar-refractivity contribution in [3.63, 3.8) is 0 Å². The minimum Gasteiger partial charge on any atom is -0.494 e. The quantitative estimate of drug-likeness (QED) is 0.343. The van der Waals surface area contributed by atoms with Crippen molar-refractivity contribution in [3.05, 3.63) is 59.7 Å². The lowest BCUT2D eigenvalue weighted by atomic mass is 10.1. The number of hydrogen-bond acceptors (Lipinski definition) is 3. The van der Waals surface area contributed by atoms with Gasteiger partial charge in [-0.1, -0.05) is 38.3 Å². The van der Waals surface area contributed by atoms with Crippen LogP contribution in [0.25, 0.3) is 0 Å². The number of aliphatic hydroxyl groups excluding tert-OH is 1. The van der Waals surface area contributed by atoms with E-state index < -0.39 is 0 Å². The van der Waals surface area contributed by atoms with Crippen molar-refractivity contribution in [1.82, 2.24) is 0 Å². The highest BCUT2D eigenvalue weighted by Gasteiger charge is 1.97. The highest BCUT2D eigenvalue weighted by atomic mass is 16.5. The molecule has 146 valence electrons. The molecule has 0 amide bonds. The van der Waals surface area contributed by atoms with Crippen LogP contribution < -0.4 is 4.74 Å². The second-order valence-electron chi connectivity index (χ2n) is 6.94. The van der Waals surface area contributed by atoms with Crippen LogP contribution in [0.3, 0.4) is 0 Å². The fraction of sp³-hybridized carbons (Fsp3) is 0.458. The van der Waals surface area contributed by atoms with Crippen molar-refractivity contribution in [3.8, 4) is 5.75 Å². The summed E-state index contributed by atoms with van der Waals surface area (Å²) in [5.41, 5.74) is 3.44. The van der Waals surface area contributed by atoms with Gasteiger partial charge in [0.05, 0.1) is 12.3 Å². The number of hydrogen-bond donors (Lipinski definition) is 1. The summed E-state index contributed by atoms with van der Waals surface area (Å²) in [7, 11) is 0. The van der Waals surface area contributed by atoms with Crippen LogP contribution in [0.4, 0.5) is 5.69 Å². The van der Waals surface area contributed by atoms with Crippen LogP contribution >= 0.6 is 0 Å². The number of aryl methyl sites for hydroxylation is 1. The highest BCUT2D eigenvalue weighted by molar-refractivity contribution is 5.82. The zero-order valence-electron chi connectivity index (χ0n) is 16.6. The molecule has 0 saturated heterocycles. The first-order valence-electron chi connectivity index (χ1n) is 10.3. The second-order valence-corrected chi connectivity index (χ2v) is 6.94. The molecule has 0 heterocycles. The van der Waals surface area contributed by atoms with Gasteiger partial charge in [0.1, 0.15) is 5.75 Å². The summed E-state index contributed by atoms with van der Waals surface area (Å²) < 4.78 is 5.70. The summed E-state index contributed by atoms with van der Waals surface area (Å²) in [6.07, 6.45) is 11.1. The molecular formula is C24H33NO2. The Hall–Kier alpha value is -2.13. The minimum absolute atomic E-state index is 0.260. The van der Waals surface area contributed by atoms with Gasteiger partial charge in [0.25, 0.3) is 0 Å². The highest BCUT2D eigenvalue weighted by Crippen LogP contribution is 2.16. The number of aliphatic imine (C=N–C) groups is 1. The third-order valence-electron chi connectivity index (χ3n) is 4.57. The standard InChI is InChI=1S/C24H33NO2/c1-2-3-4-6-9-21-10-14-23(15-11-21)25-20-22-12-16-24(17-13-22)27-19-8-5-7-18-26/h10-17,20,26H,2-9,18-19H2,1H3. The summed E-state index contributed by atoms with van der Waals surface area (Å²) in [6, 6.07) is 16.6. The van der Waals surface area contributed by atoms with Gasteiger partial charge < -0.3 is 9.84 Å². The van der Waals surface area contributed by atoms with Crippen LogP contribution in [0.15, 0.2) is 53.5 Å². The first-order chi connectivity index (χ1) is 13.3. The van der Waals surface area contributed by atoms with Gasteiger partial charge in [0, 0.05) is 12.8 Å². The zero-order chi connectivity index (χ0) is 19.2. The lowest BCUT2D eigenvalue weighted by Crippen LogP contribution is -1.98. The summed E-state index contributed by atoms with van der Waals surface area (Å²) in [5, 5.41) is 8.76. The van der Waals surface area contributed by atoms with Crippen LogP contribution in [0, 0.1) is 0 Å². The molecule has 0 aliphatic carbocycles. The van der Waals surface area contributed by atoms with E-state index in [0.717, 1.165) is 42.7 Å². The monoisotopic (exact) mass is 367 g/mol. The van der Waals surface area contributed by atoms with E-state index in [2.05, 4.69) is 36.2 Å². The number of nitrogens with zero attached hydrogens (tertiary/aromatic N) is 1. The molecule has 0 saturated carbocycles. The summed E-state index contributed by atoms with van der Waals surface area (Å²) >= 11 is 0. The molecule has 0 fully saturated rings. The van der Waals surface area contributed by atoms with Gasteiger partial charge >= 0.3 is 0 Å². The van der Waals surface area contributed by atoms with Gasteiger partial charge in [0.2, 0.25) is 0 Å². The number of rotatable bonds is 13. The number of aliphatic hydroxyl groups is 1. The minimum atomic E-state index is 0.260. The van der Waals surface area contributed by atoms with E-state index >= 15 is 0 Å². The first-order valence-corrected chi connectivity index (χ1v) is 10.3. The Labute approximate surface area is 164 Å². The Morgan fingerprint density at radius 3 is 2.30 bits per heavy atom. The third kappa shape index (κ3) is 8.87. The first kappa shape index (κ1) is 21.2. The molecule has 3 nitrogen and oxygen atoms in total. The van der Waals surface area contributed by atoms with Crippen LogP contribution in [-0.2, 0) is 6.42 Å². The van der Waals surface area contributed by atoms with Gasteiger partial charge in [-0.2, -0.15) is 0 Å². The molecule has 0 spiro atoms. The Kier molecular flexibility index (Phi) is 10.3. The van der Waals surface area contributed by atoms with Gasteiger partial charge in [-0.05, 0) is 79.6 Å². The summed E-state index contributed by atoms with van der Waals surface area (Å²) in [5.74, 6) is 0.878. The molecule has 0 aliphatic heterocycles. The van der Waals surface area contributed by atoms with E-state index in [9.17, 15) is 0 Å².